The maximum Gasteiger partial charge on any atom is 0.397 e. The minimum Gasteiger partial charge on any atom is -0.347 e. The quantitative estimate of drug-likeness (QED) is 0.142. The fourth-order valence-electron chi connectivity index (χ4n) is 17.7. The lowest BCUT2D eigenvalue weighted by Gasteiger charge is -2.46. The van der Waals surface area contributed by atoms with Crippen LogP contribution in [0.2, 0.25) is 0 Å². The molecule has 2 saturated heterocycles. The van der Waals surface area contributed by atoms with Gasteiger partial charge in [-0.05, 0) is 145 Å². The van der Waals surface area contributed by atoms with E-state index in [9.17, 15) is 36.7 Å². The molecule has 0 aromatic rings. The predicted molar refractivity (Wildman–Crippen MR) is 378 cm³/mol. The molecular formula is C75H113F9N12O12. The van der Waals surface area contributed by atoms with Crippen molar-refractivity contribution in [2.24, 2.45) is 41.4 Å². The smallest absolute Gasteiger partial charge is 0.347 e. The molecular weight excluding hydrogens is 1430 g/mol. The van der Waals surface area contributed by atoms with E-state index in [2.05, 4.69) is 16.0 Å². The minimum atomic E-state index is -5.27. The van der Waals surface area contributed by atoms with Gasteiger partial charge in [0.05, 0.1) is 25.4 Å². The summed E-state index contributed by atoms with van der Waals surface area (Å²) in [7, 11) is 10.7. The summed E-state index contributed by atoms with van der Waals surface area (Å²) in [5.41, 5.74) is -1.91. The topological polar surface area (TPSA) is 270 Å². The van der Waals surface area contributed by atoms with Crippen LogP contribution in [0.15, 0.2) is 12.2 Å². The SMILES string of the molecule is CC[C@H](C)[C@@H]1NC(=O)[C@H](CC2CCCC2)N(C)C(=O)C[C@@H](C(=O)N(C)C)N(C)C(=O)[C@H](C2CCCC2)N(C)C(=O)C2(CCC2)NC(=O)[C@@H]2C[C@@H](C(F)(F)F)CN2C(=O)[C@H](CCC2CC(F)C(C(F)(F)F)C(F)C2)NC(=O)CN(C)C(=O)[C@H](CC2CCC(F)CC2)N2CC/C=C\C[C@@H](C2=O)N(C)C(=O)CN(C)C1=O. The Morgan fingerprint density at radius 2 is 1.19 bits per heavy atom. The van der Waals surface area contributed by atoms with Crippen LogP contribution in [-0.4, -0.2) is 282 Å². The van der Waals surface area contributed by atoms with Gasteiger partial charge in [-0.1, -0.05) is 70.9 Å². The lowest BCUT2D eigenvalue weighted by Crippen LogP contribution is -2.68. The van der Waals surface area contributed by atoms with Gasteiger partial charge < -0.3 is 60.0 Å². The molecule has 0 aromatic heterocycles. The second-order valence-corrected chi connectivity index (χ2v) is 32.4. The molecule has 1 spiro atoms. The van der Waals surface area contributed by atoms with Crippen LogP contribution in [0.4, 0.5) is 39.5 Å². The van der Waals surface area contributed by atoms with Crippen molar-refractivity contribution in [2.45, 2.75) is 266 Å². The number of fused-ring (bicyclic) bond motifs is 3. The number of rotatable bonds is 11. The first-order valence-corrected chi connectivity index (χ1v) is 38.7. The average Bonchev–Trinajstić information content (AvgIpc) is 1.57. The van der Waals surface area contributed by atoms with Crippen LogP contribution >= 0.6 is 0 Å². The molecule has 12 atom stereocenters. The molecule has 12 amide bonds. The Bertz CT molecular complexity index is 3260. The van der Waals surface area contributed by atoms with E-state index in [0.717, 1.165) is 50.2 Å². The second kappa shape index (κ2) is 36.7. The molecule has 108 heavy (non-hydrogen) atoms. The zero-order valence-corrected chi connectivity index (χ0v) is 64.1. The number of halogens is 9. The molecule has 3 aliphatic heterocycles. The Hall–Kier alpha value is -7.25. The van der Waals surface area contributed by atoms with Gasteiger partial charge in [0, 0.05) is 69.5 Å². The number of nitrogens with one attached hydrogen (secondary N) is 3. The largest absolute Gasteiger partial charge is 0.397 e. The van der Waals surface area contributed by atoms with Gasteiger partial charge in [-0.25, -0.2) is 13.2 Å². The zero-order valence-electron chi connectivity index (χ0n) is 64.1. The van der Waals surface area contributed by atoms with Crippen LogP contribution in [0.3, 0.4) is 0 Å². The standard InChI is InChI=1S/C75H113F9N12O12/c1-11-43(2)62-70(106)90(6)42-60(99)91(7)53-24-13-12-18-33-95(69(53)105)57(37-45-25-28-49(76)29-26-45)68(104)89(5)41-58(97)85-52(30-27-46-34-50(77)61(51(78)35-46)75(82,83)84)66(102)96-40-48(74(79,80)81)38-55(96)65(101)87-73(31-19-32-73)72(108)94(10)63(47-22-16-17-23-47)71(107)93(9)56(67(103)88(3)4)39-59(98)92(8)54(64(100)86-62)36-44-20-14-15-21-44/h12-13,43-57,61-63H,11,14-42H2,1-10H3,(H,85,97)(H,86,100)(H,87,101)/b13-12-/t43-,45?,46?,48+,49?,50?,51?,52-,53-,54-,55-,56-,57-,61?,62-,63-/m0/s1. The Labute approximate surface area is 627 Å². The number of nitrogens with zero attached hydrogens (tertiary/aromatic N) is 9. The molecule has 608 valence electrons. The summed E-state index contributed by atoms with van der Waals surface area (Å²) >= 11 is 0. The molecule has 2 unspecified atom stereocenters. The summed E-state index contributed by atoms with van der Waals surface area (Å²) in [4.78, 5) is 191. The summed E-state index contributed by atoms with van der Waals surface area (Å²) < 4.78 is 133. The van der Waals surface area contributed by atoms with Crippen molar-refractivity contribution in [3.8, 4) is 0 Å². The van der Waals surface area contributed by atoms with Crippen molar-refractivity contribution in [3.05, 3.63) is 12.2 Å². The second-order valence-electron chi connectivity index (χ2n) is 32.4. The van der Waals surface area contributed by atoms with E-state index < -0.39 is 243 Å². The Kier molecular flexibility index (Phi) is 29.4. The third-order valence-electron chi connectivity index (χ3n) is 24.8. The van der Waals surface area contributed by atoms with E-state index >= 15 is 60.3 Å². The summed E-state index contributed by atoms with van der Waals surface area (Å²) in [6.07, 6.45) is -11.6. The normalized spacial score (nSPS) is 32.8. The van der Waals surface area contributed by atoms with Gasteiger partial charge in [0.1, 0.15) is 78.3 Å². The molecule has 0 aromatic carbocycles. The molecule has 7 fully saturated rings. The highest BCUT2D eigenvalue weighted by Crippen LogP contribution is 2.46. The third kappa shape index (κ3) is 20.5. The van der Waals surface area contributed by atoms with Gasteiger partial charge in [0.2, 0.25) is 70.9 Å². The maximum absolute atomic E-state index is 15.5. The van der Waals surface area contributed by atoms with Crippen molar-refractivity contribution in [1.29, 1.82) is 0 Å². The van der Waals surface area contributed by atoms with E-state index in [0.29, 0.717) is 49.8 Å². The van der Waals surface area contributed by atoms with Crippen LogP contribution in [-0.2, 0) is 57.5 Å². The first-order chi connectivity index (χ1) is 50.7. The van der Waals surface area contributed by atoms with E-state index in [1.807, 2.05) is 0 Å². The number of hydrogen-bond acceptors (Lipinski definition) is 12. The van der Waals surface area contributed by atoms with Crippen molar-refractivity contribution < 1.29 is 97.0 Å². The number of carbonyl (C=O) groups is 12. The van der Waals surface area contributed by atoms with E-state index in [1.54, 1.807) is 26.0 Å². The van der Waals surface area contributed by atoms with Crippen molar-refractivity contribution >= 4 is 70.9 Å². The van der Waals surface area contributed by atoms with Gasteiger partial charge in [-0.3, -0.25) is 57.5 Å². The number of alkyl halides is 9. The van der Waals surface area contributed by atoms with Gasteiger partial charge in [-0.2, -0.15) is 26.3 Å². The lowest BCUT2D eigenvalue weighted by atomic mass is 9.74. The monoisotopic (exact) mass is 1540 g/mol. The van der Waals surface area contributed by atoms with Crippen molar-refractivity contribution in [2.75, 3.05) is 82.6 Å². The van der Waals surface area contributed by atoms with E-state index in [4.69, 9.17) is 0 Å². The van der Waals surface area contributed by atoms with Gasteiger partial charge in [0.15, 0.2) is 0 Å². The van der Waals surface area contributed by atoms with Crippen LogP contribution in [0.1, 0.15) is 181 Å². The molecule has 33 heteroatoms. The number of carbonyl (C=O) groups excluding carboxylic acids is 12. The minimum absolute atomic E-state index is 0.0466. The first kappa shape index (κ1) is 86.3. The molecule has 5 saturated carbocycles. The van der Waals surface area contributed by atoms with Crippen LogP contribution in [0, 0.1) is 41.4 Å². The lowest BCUT2D eigenvalue weighted by molar-refractivity contribution is -0.219. The molecule has 8 aliphatic rings. The van der Waals surface area contributed by atoms with E-state index in [1.165, 1.54) is 71.1 Å². The first-order valence-electron chi connectivity index (χ1n) is 38.7. The summed E-state index contributed by atoms with van der Waals surface area (Å²) in [5, 5.41) is 8.02. The molecule has 0 radical (unpaired) electrons. The highest BCUT2D eigenvalue weighted by atomic mass is 19.4. The highest BCUT2D eigenvalue weighted by Gasteiger charge is 2.58. The van der Waals surface area contributed by atoms with E-state index in [-0.39, 0.29) is 76.2 Å². The Morgan fingerprint density at radius 3 is 1.76 bits per heavy atom. The highest BCUT2D eigenvalue weighted by molar-refractivity contribution is 6.01. The zero-order chi connectivity index (χ0) is 79.8. The molecule has 2 bridgehead atoms. The van der Waals surface area contributed by atoms with Crippen molar-refractivity contribution in [3.63, 3.8) is 0 Å². The summed E-state index contributed by atoms with van der Waals surface area (Å²) in [6.45, 7) is 0.623. The average molecular weight is 1550 g/mol. The summed E-state index contributed by atoms with van der Waals surface area (Å²) in [5.74, 6) is -18.7. The molecule has 24 nitrogen and oxygen atoms in total. The molecule has 3 N–H and O–H groups in total. The number of hydrogen-bond donors (Lipinski definition) is 3. The van der Waals surface area contributed by atoms with Gasteiger partial charge >= 0.3 is 12.4 Å². The van der Waals surface area contributed by atoms with Crippen LogP contribution in [0.25, 0.3) is 0 Å². The number of amides is 12. The van der Waals surface area contributed by atoms with Crippen LogP contribution in [0.5, 0.6) is 0 Å². The predicted octanol–water partition coefficient (Wildman–Crippen LogP) is 6.82. The number of likely N-dealkylation sites (N-methyl/N-ethyl adjacent to an activating group) is 7. The molecule has 3 heterocycles. The van der Waals surface area contributed by atoms with Crippen molar-refractivity contribution in [1.82, 2.24) is 60.0 Å². The van der Waals surface area contributed by atoms with Gasteiger partial charge in [0.25, 0.3) is 0 Å². The maximum atomic E-state index is 15.5. The Morgan fingerprint density at radius 1 is 0.593 bits per heavy atom. The fraction of sp³-hybridized carbons (Fsp3) is 0.813. The van der Waals surface area contributed by atoms with Crippen LogP contribution < -0.4 is 16.0 Å². The Balaban J connectivity index is 1.21. The van der Waals surface area contributed by atoms with Gasteiger partial charge in [-0.15, -0.1) is 0 Å². The fourth-order valence-corrected chi connectivity index (χ4v) is 17.7. The molecule has 5 aliphatic carbocycles. The summed E-state index contributed by atoms with van der Waals surface area (Å²) in [6, 6.07) is -12.2. The third-order valence-corrected chi connectivity index (χ3v) is 24.8. The molecule has 8 rings (SSSR count).